The first kappa shape index (κ1) is 20.3. The molecule has 0 aliphatic carbocycles. The topological polar surface area (TPSA) is 102 Å². The predicted octanol–water partition coefficient (Wildman–Crippen LogP) is 1.41. The van der Waals surface area contributed by atoms with E-state index in [2.05, 4.69) is 5.32 Å². The summed E-state index contributed by atoms with van der Waals surface area (Å²) in [5.41, 5.74) is -0.449. The van der Waals surface area contributed by atoms with Gasteiger partial charge in [0.15, 0.2) is 0 Å². The van der Waals surface area contributed by atoms with E-state index in [0.29, 0.717) is 19.5 Å². The highest BCUT2D eigenvalue weighted by molar-refractivity contribution is 5.76. The summed E-state index contributed by atoms with van der Waals surface area (Å²) < 4.78 is 5.27. The SMILES string of the molecule is CC(C)(C)OC(=O)N1CCC(NC=O)CC1.O=C1N2CCCC(C2)N1O. The van der Waals surface area contributed by atoms with Crippen molar-refractivity contribution >= 4 is 18.5 Å². The lowest BCUT2D eigenvalue weighted by Crippen LogP contribution is -2.46. The van der Waals surface area contributed by atoms with E-state index in [1.165, 1.54) is 0 Å². The number of fused-ring (bicyclic) bond motifs is 2. The van der Waals surface area contributed by atoms with Crippen molar-refractivity contribution in [1.29, 1.82) is 0 Å². The summed E-state index contributed by atoms with van der Waals surface area (Å²) in [7, 11) is 0. The second-order valence-electron chi connectivity index (χ2n) is 7.90. The van der Waals surface area contributed by atoms with E-state index in [1.54, 1.807) is 9.80 Å². The highest BCUT2D eigenvalue weighted by Crippen LogP contribution is 2.22. The van der Waals surface area contributed by atoms with Crippen molar-refractivity contribution < 1.29 is 24.3 Å². The van der Waals surface area contributed by atoms with Crippen molar-refractivity contribution in [3.8, 4) is 0 Å². The summed E-state index contributed by atoms with van der Waals surface area (Å²) in [6.07, 6.45) is 3.99. The largest absolute Gasteiger partial charge is 0.444 e. The molecule has 26 heavy (non-hydrogen) atoms. The van der Waals surface area contributed by atoms with Crippen LogP contribution >= 0.6 is 0 Å². The van der Waals surface area contributed by atoms with Gasteiger partial charge in [0.1, 0.15) is 5.60 Å². The minimum absolute atomic E-state index is 0.0706. The van der Waals surface area contributed by atoms with Crippen molar-refractivity contribution in [1.82, 2.24) is 20.2 Å². The van der Waals surface area contributed by atoms with Crippen LogP contribution in [0.5, 0.6) is 0 Å². The second-order valence-corrected chi connectivity index (χ2v) is 7.90. The minimum atomic E-state index is -0.449. The monoisotopic (exact) mass is 370 g/mol. The van der Waals surface area contributed by atoms with Crippen LogP contribution in [-0.4, -0.2) is 82.5 Å². The number of ether oxygens (including phenoxy) is 1. The fraction of sp³-hybridized carbons (Fsp3) is 0.824. The van der Waals surface area contributed by atoms with E-state index in [-0.39, 0.29) is 24.2 Å². The Morgan fingerprint density at radius 2 is 1.88 bits per heavy atom. The third kappa shape index (κ3) is 5.48. The Hall–Kier alpha value is -2.03. The quantitative estimate of drug-likeness (QED) is 0.565. The zero-order valence-electron chi connectivity index (χ0n) is 15.8. The molecule has 0 radical (unpaired) electrons. The zero-order valence-corrected chi connectivity index (χ0v) is 15.8. The van der Waals surface area contributed by atoms with Crippen LogP contribution in [0.3, 0.4) is 0 Å². The van der Waals surface area contributed by atoms with Crippen LogP contribution in [0, 0.1) is 0 Å². The molecule has 3 aliphatic rings. The number of urea groups is 1. The smallest absolute Gasteiger partial charge is 0.410 e. The van der Waals surface area contributed by atoms with Gasteiger partial charge in [-0.2, -0.15) is 0 Å². The number of hydroxylamine groups is 2. The van der Waals surface area contributed by atoms with E-state index in [0.717, 1.165) is 43.8 Å². The maximum Gasteiger partial charge on any atom is 0.410 e. The van der Waals surface area contributed by atoms with Gasteiger partial charge in [0.2, 0.25) is 6.41 Å². The summed E-state index contributed by atoms with van der Waals surface area (Å²) in [4.78, 5) is 36.3. The van der Waals surface area contributed by atoms with Gasteiger partial charge in [-0.15, -0.1) is 0 Å². The molecule has 148 valence electrons. The number of carbonyl (C=O) groups is 3. The van der Waals surface area contributed by atoms with E-state index >= 15 is 0 Å². The highest BCUT2D eigenvalue weighted by atomic mass is 16.6. The maximum absolute atomic E-state index is 11.7. The molecule has 4 amide bonds. The lowest BCUT2D eigenvalue weighted by Gasteiger charge is -2.33. The van der Waals surface area contributed by atoms with Gasteiger partial charge in [-0.3, -0.25) is 10.0 Å². The van der Waals surface area contributed by atoms with Crippen LogP contribution in [0.4, 0.5) is 9.59 Å². The molecule has 0 spiro atoms. The van der Waals surface area contributed by atoms with Gasteiger partial charge in [0.05, 0.1) is 6.04 Å². The highest BCUT2D eigenvalue weighted by Gasteiger charge is 2.38. The lowest BCUT2D eigenvalue weighted by molar-refractivity contribution is -0.110. The van der Waals surface area contributed by atoms with Crippen LogP contribution in [0.15, 0.2) is 0 Å². The molecule has 3 rings (SSSR count). The number of nitrogens with one attached hydrogen (secondary N) is 1. The van der Waals surface area contributed by atoms with Crippen molar-refractivity contribution in [3.05, 3.63) is 0 Å². The van der Waals surface area contributed by atoms with Gasteiger partial charge in [-0.25, -0.2) is 14.7 Å². The number of hydrogen-bond acceptors (Lipinski definition) is 5. The van der Waals surface area contributed by atoms with Crippen molar-refractivity contribution in [2.45, 2.75) is 64.1 Å². The fourth-order valence-electron chi connectivity index (χ4n) is 3.28. The molecule has 3 aliphatic heterocycles. The third-order valence-corrected chi connectivity index (χ3v) is 4.66. The van der Waals surface area contributed by atoms with E-state index in [9.17, 15) is 14.4 Å². The summed E-state index contributed by atoms with van der Waals surface area (Å²) in [5.74, 6) is 0. The zero-order chi connectivity index (χ0) is 19.3. The average Bonchev–Trinajstić information content (AvgIpc) is 2.78. The Morgan fingerprint density at radius 1 is 1.23 bits per heavy atom. The number of hydrogen-bond donors (Lipinski definition) is 2. The van der Waals surface area contributed by atoms with Gasteiger partial charge in [-0.05, 0) is 46.5 Å². The Bertz CT molecular complexity index is 510. The predicted molar refractivity (Wildman–Crippen MR) is 93.6 cm³/mol. The summed E-state index contributed by atoms with van der Waals surface area (Å²) >= 11 is 0. The Kier molecular flexibility index (Phi) is 6.69. The fourth-order valence-corrected chi connectivity index (χ4v) is 3.28. The number of carbonyl (C=O) groups excluding carboxylic acids is 3. The lowest BCUT2D eigenvalue weighted by atomic mass is 10.1. The first-order valence-corrected chi connectivity index (χ1v) is 9.16. The molecule has 0 aromatic rings. The van der Waals surface area contributed by atoms with Crippen LogP contribution < -0.4 is 5.32 Å². The molecule has 3 fully saturated rings. The number of nitrogens with zero attached hydrogens (tertiary/aromatic N) is 3. The van der Waals surface area contributed by atoms with Gasteiger partial charge in [0, 0.05) is 32.2 Å². The molecule has 2 bridgehead atoms. The third-order valence-electron chi connectivity index (χ3n) is 4.66. The first-order chi connectivity index (χ1) is 12.2. The number of rotatable bonds is 2. The number of piperidine rings is 2. The van der Waals surface area contributed by atoms with Crippen molar-refractivity contribution in [2.75, 3.05) is 26.2 Å². The van der Waals surface area contributed by atoms with Crippen LogP contribution in [0.1, 0.15) is 46.5 Å². The molecule has 9 nitrogen and oxygen atoms in total. The average molecular weight is 370 g/mol. The van der Waals surface area contributed by atoms with Crippen LogP contribution in [-0.2, 0) is 9.53 Å². The summed E-state index contributed by atoms with van der Waals surface area (Å²) in [6.45, 7) is 8.37. The molecule has 0 aromatic heterocycles. The molecule has 3 saturated heterocycles. The molecule has 9 heteroatoms. The molecule has 0 saturated carbocycles. The van der Waals surface area contributed by atoms with Crippen molar-refractivity contribution in [2.24, 2.45) is 0 Å². The molecule has 3 heterocycles. The van der Waals surface area contributed by atoms with Gasteiger partial charge in [0.25, 0.3) is 0 Å². The summed E-state index contributed by atoms with van der Waals surface area (Å²) in [6, 6.07) is 0.0416. The molecule has 1 unspecified atom stereocenters. The van der Waals surface area contributed by atoms with Crippen LogP contribution in [0.2, 0.25) is 0 Å². The van der Waals surface area contributed by atoms with E-state index in [1.807, 2.05) is 20.8 Å². The van der Waals surface area contributed by atoms with Gasteiger partial charge >= 0.3 is 12.1 Å². The molecular weight excluding hydrogens is 340 g/mol. The molecular formula is C17H30N4O5. The first-order valence-electron chi connectivity index (χ1n) is 9.16. The minimum Gasteiger partial charge on any atom is -0.444 e. The molecule has 1 atom stereocenters. The Labute approximate surface area is 154 Å². The number of likely N-dealkylation sites (tertiary alicyclic amines) is 1. The maximum atomic E-state index is 11.7. The van der Waals surface area contributed by atoms with Gasteiger partial charge < -0.3 is 19.9 Å². The second kappa shape index (κ2) is 8.57. The molecule has 0 aromatic carbocycles. The van der Waals surface area contributed by atoms with Crippen molar-refractivity contribution in [3.63, 3.8) is 0 Å². The Balaban J connectivity index is 0.000000206. The molecule has 2 N–H and O–H groups in total. The standard InChI is InChI=1S/C11H20N2O3.C6H10N2O2/c1-11(2,3)16-10(15)13-6-4-9(5-7-13)12-8-14;9-6-7-3-1-2-5(4-7)8(6)10/h8-9H,4-7H2,1-3H3,(H,12,14);5,10H,1-4H2. The van der Waals surface area contributed by atoms with E-state index in [4.69, 9.17) is 9.94 Å². The van der Waals surface area contributed by atoms with E-state index < -0.39 is 5.60 Å². The normalized spacial score (nSPS) is 23.3. The number of amides is 4. The summed E-state index contributed by atoms with van der Waals surface area (Å²) in [5, 5.41) is 12.7. The Morgan fingerprint density at radius 3 is 2.38 bits per heavy atom. The van der Waals surface area contributed by atoms with Crippen LogP contribution in [0.25, 0.3) is 0 Å². The van der Waals surface area contributed by atoms with Gasteiger partial charge in [-0.1, -0.05) is 0 Å².